The monoisotopic (exact) mass is 223 g/mol. The molecule has 0 bridgehead atoms. The molecule has 6 nitrogen and oxygen atoms in total. The predicted molar refractivity (Wildman–Crippen MR) is 57.4 cm³/mol. The van der Waals surface area contributed by atoms with Gasteiger partial charge in [-0.05, 0) is 0 Å². The summed E-state index contributed by atoms with van der Waals surface area (Å²) in [6.45, 7) is 0. The number of rotatable bonds is 3. The van der Waals surface area contributed by atoms with Crippen LogP contribution in [0.2, 0.25) is 0 Å². The van der Waals surface area contributed by atoms with Crippen LogP contribution in [0.1, 0.15) is 5.69 Å². The van der Waals surface area contributed by atoms with E-state index in [1.165, 1.54) is 11.3 Å². The minimum absolute atomic E-state index is 0.171. The van der Waals surface area contributed by atoms with Gasteiger partial charge in [0.1, 0.15) is 0 Å². The van der Waals surface area contributed by atoms with Crippen molar-refractivity contribution in [1.29, 1.82) is 0 Å². The molecule has 0 aliphatic heterocycles. The minimum atomic E-state index is -0.171. The first-order chi connectivity index (χ1) is 7.24. The fraction of sp³-hybridized carbons (Fsp3) is 0.125. The van der Waals surface area contributed by atoms with E-state index in [1.807, 2.05) is 0 Å². The number of nitrogen functional groups attached to an aromatic ring is 1. The van der Waals surface area contributed by atoms with Gasteiger partial charge in [0.05, 0.1) is 12.1 Å². The van der Waals surface area contributed by atoms with Crippen LogP contribution in [0.4, 0.5) is 11.1 Å². The van der Waals surface area contributed by atoms with Crippen LogP contribution in [0.25, 0.3) is 0 Å². The number of imidazole rings is 1. The maximum Gasteiger partial charge on any atom is 0.232 e. The lowest BCUT2D eigenvalue weighted by atomic mass is 10.3. The number of thiazole rings is 1. The van der Waals surface area contributed by atoms with Crippen LogP contribution in [-0.4, -0.2) is 20.9 Å². The highest BCUT2D eigenvalue weighted by Crippen LogP contribution is 2.11. The van der Waals surface area contributed by atoms with Crippen molar-refractivity contribution in [3.05, 3.63) is 23.5 Å². The van der Waals surface area contributed by atoms with Gasteiger partial charge in [0, 0.05) is 17.8 Å². The Morgan fingerprint density at radius 2 is 2.53 bits per heavy atom. The number of nitrogens with two attached hydrogens (primary N) is 1. The van der Waals surface area contributed by atoms with Gasteiger partial charge in [-0.25, -0.2) is 9.97 Å². The number of anilines is 2. The number of carbonyl (C=O) groups excluding carboxylic acids is 1. The molecule has 2 rings (SSSR count). The Morgan fingerprint density at radius 1 is 1.67 bits per heavy atom. The SMILES string of the molecule is Nc1nc(CC(=O)Nc2ncc[nH]2)cs1. The summed E-state index contributed by atoms with van der Waals surface area (Å²) in [6, 6.07) is 0. The smallest absolute Gasteiger partial charge is 0.232 e. The molecule has 4 N–H and O–H groups in total. The van der Waals surface area contributed by atoms with Gasteiger partial charge >= 0.3 is 0 Å². The molecule has 78 valence electrons. The van der Waals surface area contributed by atoms with E-state index in [-0.39, 0.29) is 12.3 Å². The van der Waals surface area contributed by atoms with Gasteiger partial charge in [-0.2, -0.15) is 0 Å². The summed E-state index contributed by atoms with van der Waals surface area (Å²) >= 11 is 1.32. The molecule has 1 amide bonds. The number of nitrogens with one attached hydrogen (secondary N) is 2. The first-order valence-electron chi connectivity index (χ1n) is 4.23. The van der Waals surface area contributed by atoms with E-state index < -0.39 is 0 Å². The molecule has 0 atom stereocenters. The molecule has 0 aliphatic rings. The maximum atomic E-state index is 11.4. The highest BCUT2D eigenvalue weighted by atomic mass is 32.1. The summed E-state index contributed by atoms with van der Waals surface area (Å²) in [5.74, 6) is 0.262. The summed E-state index contributed by atoms with van der Waals surface area (Å²) in [6.07, 6.45) is 3.40. The highest BCUT2D eigenvalue weighted by Gasteiger charge is 2.07. The van der Waals surface area contributed by atoms with E-state index in [4.69, 9.17) is 5.73 Å². The summed E-state index contributed by atoms with van der Waals surface area (Å²) in [4.78, 5) is 22.1. The second kappa shape index (κ2) is 4.09. The molecular formula is C8H9N5OS. The Labute approximate surface area is 89.6 Å². The minimum Gasteiger partial charge on any atom is -0.375 e. The number of hydrogen-bond acceptors (Lipinski definition) is 5. The van der Waals surface area contributed by atoms with Gasteiger partial charge in [0.25, 0.3) is 0 Å². The van der Waals surface area contributed by atoms with E-state index in [9.17, 15) is 4.79 Å². The zero-order valence-corrected chi connectivity index (χ0v) is 8.54. The zero-order valence-electron chi connectivity index (χ0n) is 7.73. The molecule has 0 fully saturated rings. The van der Waals surface area contributed by atoms with E-state index in [0.717, 1.165) is 0 Å². The maximum absolute atomic E-state index is 11.4. The summed E-state index contributed by atoms with van der Waals surface area (Å²) < 4.78 is 0. The van der Waals surface area contributed by atoms with Crippen molar-refractivity contribution in [1.82, 2.24) is 15.0 Å². The number of amides is 1. The van der Waals surface area contributed by atoms with Crippen molar-refractivity contribution in [2.24, 2.45) is 0 Å². The van der Waals surface area contributed by atoms with E-state index in [1.54, 1.807) is 17.8 Å². The Bertz CT molecular complexity index is 449. The van der Waals surface area contributed by atoms with Crippen LogP contribution in [-0.2, 0) is 11.2 Å². The Hall–Kier alpha value is -1.89. The third-order valence-corrected chi connectivity index (χ3v) is 2.39. The molecule has 2 aromatic rings. The number of carbonyl (C=O) groups is 1. The Balaban J connectivity index is 1.93. The van der Waals surface area contributed by atoms with Crippen LogP contribution >= 0.6 is 11.3 Å². The molecule has 15 heavy (non-hydrogen) atoms. The van der Waals surface area contributed by atoms with Gasteiger partial charge in [-0.3, -0.25) is 10.1 Å². The van der Waals surface area contributed by atoms with Crippen LogP contribution < -0.4 is 11.1 Å². The van der Waals surface area contributed by atoms with E-state index >= 15 is 0 Å². The first kappa shape index (κ1) is 9.66. The average molecular weight is 223 g/mol. The molecule has 0 unspecified atom stereocenters. The Kier molecular flexibility index (Phi) is 2.64. The van der Waals surface area contributed by atoms with Crippen LogP contribution in [0.15, 0.2) is 17.8 Å². The standard InChI is InChI=1S/C8H9N5OS/c9-7-12-5(4-15-7)3-6(14)13-8-10-1-2-11-8/h1-2,4H,3H2,(H2,9,12)(H2,10,11,13,14). The number of nitrogens with zero attached hydrogens (tertiary/aromatic N) is 2. The molecule has 0 radical (unpaired) electrons. The third kappa shape index (κ3) is 2.53. The van der Waals surface area contributed by atoms with Crippen molar-refractivity contribution >= 4 is 28.3 Å². The van der Waals surface area contributed by atoms with E-state index in [2.05, 4.69) is 20.3 Å². The second-order valence-corrected chi connectivity index (χ2v) is 3.73. The molecule has 2 heterocycles. The molecule has 0 spiro atoms. The predicted octanol–water partition coefficient (Wildman–Crippen LogP) is 0.630. The fourth-order valence-electron chi connectivity index (χ4n) is 1.08. The summed E-state index contributed by atoms with van der Waals surface area (Å²) in [5, 5.41) is 4.83. The zero-order chi connectivity index (χ0) is 10.7. The molecule has 0 aromatic carbocycles. The van der Waals surface area contributed by atoms with Crippen molar-refractivity contribution in [2.75, 3.05) is 11.1 Å². The molecule has 0 aliphatic carbocycles. The van der Waals surface area contributed by atoms with Crippen molar-refractivity contribution in [3.63, 3.8) is 0 Å². The lowest BCUT2D eigenvalue weighted by molar-refractivity contribution is -0.115. The fourth-order valence-corrected chi connectivity index (χ4v) is 1.64. The van der Waals surface area contributed by atoms with Crippen LogP contribution in [0.3, 0.4) is 0 Å². The number of aromatic amines is 1. The van der Waals surface area contributed by atoms with Gasteiger partial charge in [-0.15, -0.1) is 11.3 Å². The molecule has 7 heteroatoms. The molecule has 0 saturated carbocycles. The summed E-state index contributed by atoms with van der Waals surface area (Å²) in [5.41, 5.74) is 6.12. The summed E-state index contributed by atoms with van der Waals surface area (Å²) in [7, 11) is 0. The number of aromatic nitrogens is 3. The van der Waals surface area contributed by atoms with Crippen LogP contribution in [0.5, 0.6) is 0 Å². The van der Waals surface area contributed by atoms with Gasteiger partial charge < -0.3 is 10.7 Å². The second-order valence-electron chi connectivity index (χ2n) is 2.84. The normalized spacial score (nSPS) is 10.1. The number of hydrogen-bond donors (Lipinski definition) is 3. The number of H-pyrrole nitrogens is 1. The topological polar surface area (TPSA) is 96.7 Å². The third-order valence-electron chi connectivity index (χ3n) is 1.67. The lowest BCUT2D eigenvalue weighted by Crippen LogP contribution is -2.15. The van der Waals surface area contributed by atoms with Crippen molar-refractivity contribution in [3.8, 4) is 0 Å². The van der Waals surface area contributed by atoms with Crippen molar-refractivity contribution < 1.29 is 4.79 Å². The molecular weight excluding hydrogens is 214 g/mol. The highest BCUT2D eigenvalue weighted by molar-refractivity contribution is 7.13. The first-order valence-corrected chi connectivity index (χ1v) is 5.11. The average Bonchev–Trinajstić information content (AvgIpc) is 2.77. The quantitative estimate of drug-likeness (QED) is 0.711. The molecule has 0 saturated heterocycles. The van der Waals surface area contributed by atoms with Crippen LogP contribution in [0, 0.1) is 0 Å². The molecule has 2 aromatic heterocycles. The van der Waals surface area contributed by atoms with Gasteiger partial charge in [-0.1, -0.05) is 0 Å². The largest absolute Gasteiger partial charge is 0.375 e. The van der Waals surface area contributed by atoms with Gasteiger partial charge in [0.15, 0.2) is 5.13 Å². The van der Waals surface area contributed by atoms with Gasteiger partial charge in [0.2, 0.25) is 11.9 Å². The lowest BCUT2D eigenvalue weighted by Gasteiger charge is -1.98. The van der Waals surface area contributed by atoms with E-state index in [0.29, 0.717) is 16.8 Å². The van der Waals surface area contributed by atoms with Crippen molar-refractivity contribution in [2.45, 2.75) is 6.42 Å². The Morgan fingerprint density at radius 3 is 3.13 bits per heavy atom.